The summed E-state index contributed by atoms with van der Waals surface area (Å²) < 4.78 is 18.8. The van der Waals surface area contributed by atoms with Crippen LogP contribution in [0.2, 0.25) is 10.0 Å². The van der Waals surface area contributed by atoms with Crippen molar-refractivity contribution >= 4 is 28.9 Å². The molecule has 8 nitrogen and oxygen atoms in total. The predicted molar refractivity (Wildman–Crippen MR) is 137 cm³/mol. The molecule has 1 unspecified atom stereocenters. The van der Waals surface area contributed by atoms with Crippen molar-refractivity contribution in [1.82, 2.24) is 20.1 Å². The Balaban J connectivity index is 1.52. The third kappa shape index (κ3) is 4.80. The van der Waals surface area contributed by atoms with Crippen molar-refractivity contribution in [1.29, 1.82) is 0 Å². The molecule has 3 aromatic rings. The van der Waals surface area contributed by atoms with E-state index in [0.717, 1.165) is 62.6 Å². The molecule has 2 aromatic carbocycles. The zero-order chi connectivity index (χ0) is 24.4. The minimum absolute atomic E-state index is 0.304. The quantitative estimate of drug-likeness (QED) is 0.517. The first-order chi connectivity index (χ1) is 17.1. The largest absolute Gasteiger partial charge is 0.495 e. The van der Waals surface area contributed by atoms with Gasteiger partial charge in [0.2, 0.25) is 0 Å². The highest BCUT2D eigenvalue weighted by Gasteiger charge is 2.29. The summed E-state index contributed by atoms with van der Waals surface area (Å²) in [6, 6.07) is 7.94. The molecule has 0 spiro atoms. The Hall–Kier alpha value is -2.52. The molecule has 0 aliphatic carbocycles. The number of methoxy groups -OCH3 is 2. The molecule has 5 rings (SSSR count). The first kappa shape index (κ1) is 24.2. The van der Waals surface area contributed by atoms with Gasteiger partial charge in [0.25, 0.3) is 0 Å². The van der Waals surface area contributed by atoms with Gasteiger partial charge in [-0.05, 0) is 37.0 Å². The van der Waals surface area contributed by atoms with Crippen LogP contribution in [-0.2, 0) is 4.74 Å². The second-order valence-corrected chi connectivity index (χ2v) is 9.52. The van der Waals surface area contributed by atoms with Crippen LogP contribution < -0.4 is 19.7 Å². The van der Waals surface area contributed by atoms with E-state index in [1.807, 2.05) is 6.07 Å². The van der Waals surface area contributed by atoms with Gasteiger partial charge in [0.05, 0.1) is 42.7 Å². The lowest BCUT2D eigenvalue weighted by atomic mass is 9.90. The van der Waals surface area contributed by atoms with Crippen LogP contribution >= 0.6 is 23.2 Å². The Bertz CT molecular complexity index is 1130. The maximum atomic E-state index is 6.81. The normalized spacial score (nSPS) is 19.1. The molecular weight excluding hydrogens is 489 g/mol. The molecule has 2 aliphatic heterocycles. The van der Waals surface area contributed by atoms with Crippen molar-refractivity contribution in [3.05, 3.63) is 47.0 Å². The van der Waals surface area contributed by atoms with Gasteiger partial charge in [-0.1, -0.05) is 23.2 Å². The molecule has 35 heavy (non-hydrogen) atoms. The van der Waals surface area contributed by atoms with Crippen molar-refractivity contribution in [3.63, 3.8) is 0 Å². The number of morpholine rings is 1. The molecule has 2 saturated heterocycles. The first-order valence-electron chi connectivity index (χ1n) is 11.8. The fraction of sp³-hybridized carbons (Fsp3) is 0.440. The van der Waals surface area contributed by atoms with Gasteiger partial charge < -0.3 is 24.4 Å². The topological polar surface area (TPSA) is 73.7 Å². The van der Waals surface area contributed by atoms with Crippen LogP contribution in [-0.4, -0.2) is 67.9 Å². The van der Waals surface area contributed by atoms with Gasteiger partial charge in [0.1, 0.15) is 24.2 Å². The zero-order valence-corrected chi connectivity index (χ0v) is 21.3. The number of anilines is 1. The van der Waals surface area contributed by atoms with Crippen LogP contribution in [0, 0.1) is 5.92 Å². The van der Waals surface area contributed by atoms with Gasteiger partial charge in [-0.25, -0.2) is 9.67 Å². The van der Waals surface area contributed by atoms with Crippen LogP contribution in [0.3, 0.4) is 0 Å². The van der Waals surface area contributed by atoms with Gasteiger partial charge in [-0.2, -0.15) is 5.10 Å². The number of benzene rings is 2. The number of piperidine rings is 1. The summed E-state index contributed by atoms with van der Waals surface area (Å²) in [5, 5.41) is 8.63. The van der Waals surface area contributed by atoms with Crippen LogP contribution in [0.25, 0.3) is 16.8 Å². The molecular formula is C25H29Cl2N5O3. The second kappa shape index (κ2) is 10.6. The number of halogens is 2. The van der Waals surface area contributed by atoms with E-state index in [0.29, 0.717) is 39.1 Å². The molecule has 0 amide bonds. The van der Waals surface area contributed by atoms with Gasteiger partial charge >= 0.3 is 0 Å². The van der Waals surface area contributed by atoms with Crippen molar-refractivity contribution in [3.8, 4) is 28.3 Å². The maximum Gasteiger partial charge on any atom is 0.141 e. The van der Waals surface area contributed by atoms with Gasteiger partial charge in [0, 0.05) is 49.1 Å². The lowest BCUT2D eigenvalue weighted by molar-refractivity contribution is -0.0155. The van der Waals surface area contributed by atoms with Crippen molar-refractivity contribution in [2.45, 2.75) is 18.9 Å². The van der Waals surface area contributed by atoms with E-state index in [4.69, 9.17) is 37.4 Å². The molecule has 2 aliphatic rings. The molecule has 1 N–H and O–H groups in total. The zero-order valence-electron chi connectivity index (χ0n) is 19.8. The summed E-state index contributed by atoms with van der Waals surface area (Å²) in [7, 11) is 3.14. The average Bonchev–Trinajstić information content (AvgIpc) is 3.44. The molecule has 0 bridgehead atoms. The van der Waals surface area contributed by atoms with Gasteiger partial charge in [-0.15, -0.1) is 0 Å². The average molecular weight is 518 g/mol. The maximum absolute atomic E-state index is 6.81. The van der Waals surface area contributed by atoms with Crippen LogP contribution in [0.4, 0.5) is 5.69 Å². The van der Waals surface area contributed by atoms with E-state index in [1.54, 1.807) is 31.3 Å². The Kier molecular flexibility index (Phi) is 7.34. The summed E-state index contributed by atoms with van der Waals surface area (Å²) >= 11 is 13.6. The number of nitrogens with one attached hydrogen (secondary N) is 1. The Morgan fingerprint density at radius 1 is 1.06 bits per heavy atom. The number of hydrogen-bond donors (Lipinski definition) is 1. The number of ether oxygens (including phenoxy) is 3. The van der Waals surface area contributed by atoms with Gasteiger partial charge in [-0.3, -0.25) is 0 Å². The lowest BCUT2D eigenvalue weighted by Gasteiger charge is -2.38. The van der Waals surface area contributed by atoms with E-state index < -0.39 is 0 Å². The highest BCUT2D eigenvalue weighted by atomic mass is 35.5. The summed E-state index contributed by atoms with van der Waals surface area (Å²) in [5.41, 5.74) is 3.36. The SMILES string of the molecule is COc1cc(OC)c(Cl)c(-c2cc(N3CCC(C4CNCCO4)CC3)ccc2-n2cncn2)c1Cl. The van der Waals surface area contributed by atoms with E-state index >= 15 is 0 Å². The first-order valence-corrected chi connectivity index (χ1v) is 12.5. The fourth-order valence-electron chi connectivity index (χ4n) is 4.99. The Morgan fingerprint density at radius 3 is 2.40 bits per heavy atom. The molecule has 0 saturated carbocycles. The molecule has 2 fully saturated rings. The highest BCUT2D eigenvalue weighted by molar-refractivity contribution is 6.41. The second-order valence-electron chi connectivity index (χ2n) is 8.76. The smallest absolute Gasteiger partial charge is 0.141 e. The van der Waals surface area contributed by atoms with Crippen molar-refractivity contribution < 1.29 is 14.2 Å². The van der Waals surface area contributed by atoms with Crippen LogP contribution in [0.1, 0.15) is 12.8 Å². The highest BCUT2D eigenvalue weighted by Crippen LogP contribution is 2.48. The van der Waals surface area contributed by atoms with E-state index in [1.165, 1.54) is 6.33 Å². The van der Waals surface area contributed by atoms with Crippen LogP contribution in [0.15, 0.2) is 36.9 Å². The molecule has 1 aromatic heterocycles. The monoisotopic (exact) mass is 517 g/mol. The molecule has 1 atom stereocenters. The van der Waals surface area contributed by atoms with Gasteiger partial charge in [0.15, 0.2) is 0 Å². The van der Waals surface area contributed by atoms with E-state index in [9.17, 15) is 0 Å². The molecule has 0 radical (unpaired) electrons. The summed E-state index contributed by atoms with van der Waals surface area (Å²) in [5.74, 6) is 1.54. The summed E-state index contributed by atoms with van der Waals surface area (Å²) in [4.78, 5) is 6.52. The molecule has 10 heteroatoms. The third-order valence-electron chi connectivity index (χ3n) is 6.88. The number of aromatic nitrogens is 3. The number of hydrogen-bond acceptors (Lipinski definition) is 7. The number of nitrogens with zero attached hydrogens (tertiary/aromatic N) is 4. The van der Waals surface area contributed by atoms with Crippen LogP contribution in [0.5, 0.6) is 11.5 Å². The molecule has 186 valence electrons. The number of rotatable bonds is 6. The minimum atomic E-state index is 0.304. The lowest BCUT2D eigenvalue weighted by Crippen LogP contribution is -2.46. The van der Waals surface area contributed by atoms with E-state index in [2.05, 4.69) is 32.4 Å². The third-order valence-corrected chi connectivity index (χ3v) is 7.63. The fourth-order valence-corrected chi connectivity index (χ4v) is 5.70. The minimum Gasteiger partial charge on any atom is -0.495 e. The van der Waals surface area contributed by atoms with Crippen molar-refractivity contribution in [2.75, 3.05) is 51.9 Å². The van der Waals surface area contributed by atoms with E-state index in [-0.39, 0.29) is 0 Å². The Morgan fingerprint density at radius 2 is 1.80 bits per heavy atom. The standard InChI is InChI=1S/C25H29Cl2N5O3/c1-33-20-12-21(34-2)25(27)23(24(20)26)18-11-17(3-4-19(18)32-15-29-14-30-32)31-8-5-16(6-9-31)22-13-28-7-10-35-22/h3-4,11-12,14-16,22,28H,5-10,13H2,1-2H3. The van der Waals surface area contributed by atoms with Crippen molar-refractivity contribution in [2.24, 2.45) is 5.92 Å². The summed E-state index contributed by atoms with van der Waals surface area (Å²) in [6.07, 6.45) is 5.63. The molecule has 3 heterocycles. The Labute approximate surface area is 215 Å². The summed E-state index contributed by atoms with van der Waals surface area (Å²) in [6.45, 7) is 4.58. The predicted octanol–water partition coefficient (Wildman–Crippen LogP) is 4.46.